The zero-order chi connectivity index (χ0) is 18.4. The van der Waals surface area contributed by atoms with Gasteiger partial charge in [0, 0.05) is 11.3 Å². The summed E-state index contributed by atoms with van der Waals surface area (Å²) in [5.41, 5.74) is 3.57. The molecule has 1 aliphatic heterocycles. The van der Waals surface area contributed by atoms with E-state index in [1.807, 2.05) is 0 Å². The van der Waals surface area contributed by atoms with Crippen LogP contribution in [0.25, 0.3) is 0 Å². The second kappa shape index (κ2) is 6.67. The van der Waals surface area contributed by atoms with Gasteiger partial charge in [-0.1, -0.05) is 45.0 Å². The summed E-state index contributed by atoms with van der Waals surface area (Å²) in [6.45, 7) is 10.6. The first-order valence-electron chi connectivity index (χ1n) is 10.5. The van der Waals surface area contributed by atoms with E-state index >= 15 is 0 Å². The van der Waals surface area contributed by atoms with Crippen LogP contribution in [-0.2, 0) is 10.2 Å². The summed E-state index contributed by atoms with van der Waals surface area (Å²) in [6, 6.07) is 9.10. The molecule has 1 saturated heterocycles. The Morgan fingerprint density at radius 1 is 1.19 bits per heavy atom. The van der Waals surface area contributed by atoms with Crippen molar-refractivity contribution in [2.75, 3.05) is 19.6 Å². The lowest BCUT2D eigenvalue weighted by molar-refractivity contribution is -0.123. The first kappa shape index (κ1) is 18.0. The van der Waals surface area contributed by atoms with Gasteiger partial charge in [0.15, 0.2) is 0 Å². The van der Waals surface area contributed by atoms with Gasteiger partial charge in [0.2, 0.25) is 5.91 Å². The summed E-state index contributed by atoms with van der Waals surface area (Å²) in [6.07, 6.45) is 6.96. The summed E-state index contributed by atoms with van der Waals surface area (Å²) in [5, 5.41) is 3.37. The highest BCUT2D eigenvalue weighted by Crippen LogP contribution is 2.51. The van der Waals surface area contributed by atoms with E-state index in [0.29, 0.717) is 5.41 Å². The molecule has 2 aliphatic carbocycles. The molecule has 1 aromatic rings. The fourth-order valence-electron chi connectivity index (χ4n) is 4.83. The largest absolute Gasteiger partial charge is 0.349 e. The molecule has 26 heavy (non-hydrogen) atoms. The fourth-order valence-corrected chi connectivity index (χ4v) is 4.83. The Bertz CT molecular complexity index is 663. The molecule has 1 spiro atoms. The minimum atomic E-state index is 0.223. The first-order chi connectivity index (χ1) is 12.4. The second-order valence-electron chi connectivity index (χ2n) is 10.1. The number of carbonyl (C=O) groups excluding carboxylic acids is 1. The van der Waals surface area contributed by atoms with Gasteiger partial charge in [0.25, 0.3) is 0 Å². The summed E-state index contributed by atoms with van der Waals surface area (Å²) in [5.74, 6) is 0.572. The van der Waals surface area contributed by atoms with E-state index in [1.54, 1.807) is 0 Å². The minimum Gasteiger partial charge on any atom is -0.349 e. The first-order valence-corrected chi connectivity index (χ1v) is 10.5. The molecule has 0 radical (unpaired) electrons. The Balaban J connectivity index is 1.44. The summed E-state index contributed by atoms with van der Waals surface area (Å²) < 4.78 is 0. The predicted molar refractivity (Wildman–Crippen MR) is 106 cm³/mol. The van der Waals surface area contributed by atoms with Gasteiger partial charge in [-0.15, -0.1) is 0 Å². The van der Waals surface area contributed by atoms with Crippen molar-refractivity contribution < 1.29 is 4.79 Å². The van der Waals surface area contributed by atoms with Crippen LogP contribution in [0.3, 0.4) is 0 Å². The number of fused-ring (bicyclic) bond motifs is 2. The Kier molecular flexibility index (Phi) is 4.63. The summed E-state index contributed by atoms with van der Waals surface area (Å²) >= 11 is 0. The highest BCUT2D eigenvalue weighted by atomic mass is 16.2. The van der Waals surface area contributed by atoms with Crippen molar-refractivity contribution in [3.05, 3.63) is 35.4 Å². The van der Waals surface area contributed by atoms with Crippen molar-refractivity contribution in [3.63, 3.8) is 0 Å². The molecule has 3 heteroatoms. The normalized spacial score (nSPS) is 25.3. The Morgan fingerprint density at radius 2 is 1.88 bits per heavy atom. The van der Waals surface area contributed by atoms with Gasteiger partial charge in [-0.3, -0.25) is 4.79 Å². The zero-order valence-electron chi connectivity index (χ0n) is 16.7. The van der Waals surface area contributed by atoms with Crippen LogP contribution < -0.4 is 5.32 Å². The number of likely N-dealkylation sites (tertiary alicyclic amines) is 1. The van der Waals surface area contributed by atoms with Crippen LogP contribution in [0, 0.1) is 11.3 Å². The van der Waals surface area contributed by atoms with Crippen molar-refractivity contribution in [1.82, 2.24) is 10.2 Å². The smallest absolute Gasteiger partial charge is 0.223 e. The number of nitrogens with one attached hydrogen (secondary N) is 1. The molecule has 0 bridgehead atoms. The van der Waals surface area contributed by atoms with Crippen LogP contribution in [0.15, 0.2) is 24.3 Å². The standard InChI is InChI=1S/C23H34N2O/c1-22(2,3)10-13-25-14-11-23(12-15-25)16-20(24-21(26)17-8-9-17)18-6-4-5-7-19(18)23/h4-7,17,20H,8-16H2,1-3H3,(H,24,26)/t20-/m0/s1. The van der Waals surface area contributed by atoms with E-state index in [9.17, 15) is 4.79 Å². The highest BCUT2D eigenvalue weighted by molar-refractivity contribution is 5.81. The number of carbonyl (C=O) groups is 1. The van der Waals surface area contributed by atoms with E-state index in [0.717, 1.165) is 19.3 Å². The van der Waals surface area contributed by atoms with Crippen LogP contribution in [-0.4, -0.2) is 30.4 Å². The monoisotopic (exact) mass is 354 g/mol. The van der Waals surface area contributed by atoms with Gasteiger partial charge >= 0.3 is 0 Å². The number of nitrogens with zero attached hydrogens (tertiary/aromatic N) is 1. The quantitative estimate of drug-likeness (QED) is 0.868. The molecule has 1 amide bonds. The fraction of sp³-hybridized carbons (Fsp3) is 0.696. The molecule has 2 fully saturated rings. The number of amides is 1. The number of rotatable bonds is 4. The maximum absolute atomic E-state index is 12.4. The zero-order valence-corrected chi connectivity index (χ0v) is 16.7. The SMILES string of the molecule is CC(C)(C)CCN1CCC2(CC1)C[C@H](NC(=O)C1CC1)c1ccccc12. The van der Waals surface area contributed by atoms with E-state index < -0.39 is 0 Å². The lowest BCUT2D eigenvalue weighted by Crippen LogP contribution is -2.43. The molecular weight excluding hydrogens is 320 g/mol. The molecule has 3 nitrogen and oxygen atoms in total. The average Bonchev–Trinajstić information content (AvgIpc) is 3.41. The van der Waals surface area contributed by atoms with Gasteiger partial charge in [-0.05, 0) is 74.7 Å². The molecule has 142 valence electrons. The second-order valence-corrected chi connectivity index (χ2v) is 10.1. The minimum absolute atomic E-state index is 0.223. The molecule has 3 aliphatic rings. The molecule has 1 N–H and O–H groups in total. The van der Waals surface area contributed by atoms with Gasteiger partial charge in [0.1, 0.15) is 0 Å². The maximum Gasteiger partial charge on any atom is 0.223 e. The van der Waals surface area contributed by atoms with E-state index in [1.165, 1.54) is 50.0 Å². The van der Waals surface area contributed by atoms with Crippen LogP contribution in [0.2, 0.25) is 0 Å². The summed E-state index contributed by atoms with van der Waals surface area (Å²) in [4.78, 5) is 15.0. The third-order valence-corrected chi connectivity index (χ3v) is 6.76. The molecular formula is C23H34N2O. The topological polar surface area (TPSA) is 32.3 Å². The van der Waals surface area contributed by atoms with Crippen molar-refractivity contribution in [2.45, 2.75) is 70.8 Å². The van der Waals surface area contributed by atoms with E-state index in [-0.39, 0.29) is 23.3 Å². The number of hydrogen-bond acceptors (Lipinski definition) is 2. The third-order valence-electron chi connectivity index (χ3n) is 6.76. The van der Waals surface area contributed by atoms with Crippen molar-refractivity contribution in [1.29, 1.82) is 0 Å². The average molecular weight is 355 g/mol. The van der Waals surface area contributed by atoms with E-state index in [4.69, 9.17) is 0 Å². The molecule has 1 atom stereocenters. The predicted octanol–water partition coefficient (Wildman–Crippen LogP) is 4.43. The van der Waals surface area contributed by atoms with Gasteiger partial charge < -0.3 is 10.2 Å². The van der Waals surface area contributed by atoms with Crippen LogP contribution in [0.1, 0.15) is 76.5 Å². The number of benzene rings is 1. The molecule has 1 aromatic carbocycles. The van der Waals surface area contributed by atoms with Crippen molar-refractivity contribution in [2.24, 2.45) is 11.3 Å². The van der Waals surface area contributed by atoms with Gasteiger partial charge in [0.05, 0.1) is 6.04 Å². The van der Waals surface area contributed by atoms with Crippen molar-refractivity contribution in [3.8, 4) is 0 Å². The Labute approximate surface area is 158 Å². The maximum atomic E-state index is 12.4. The third kappa shape index (κ3) is 3.69. The van der Waals surface area contributed by atoms with Crippen LogP contribution in [0.4, 0.5) is 0 Å². The molecule has 0 aromatic heterocycles. The van der Waals surface area contributed by atoms with E-state index in [2.05, 4.69) is 55.3 Å². The Hall–Kier alpha value is -1.35. The number of hydrogen-bond donors (Lipinski definition) is 1. The lowest BCUT2D eigenvalue weighted by atomic mass is 9.73. The lowest BCUT2D eigenvalue weighted by Gasteiger charge is -2.41. The van der Waals surface area contributed by atoms with Crippen LogP contribution in [0.5, 0.6) is 0 Å². The summed E-state index contributed by atoms with van der Waals surface area (Å²) in [7, 11) is 0. The molecule has 4 rings (SSSR count). The Morgan fingerprint density at radius 3 is 2.54 bits per heavy atom. The highest BCUT2D eigenvalue weighted by Gasteiger charge is 2.46. The molecule has 1 heterocycles. The molecule has 1 saturated carbocycles. The van der Waals surface area contributed by atoms with Gasteiger partial charge in [-0.25, -0.2) is 0 Å². The van der Waals surface area contributed by atoms with Crippen molar-refractivity contribution >= 4 is 5.91 Å². The van der Waals surface area contributed by atoms with Gasteiger partial charge in [-0.2, -0.15) is 0 Å². The molecule has 0 unspecified atom stereocenters. The van der Waals surface area contributed by atoms with Crippen LogP contribution >= 0.6 is 0 Å². The number of piperidine rings is 1.